The van der Waals surface area contributed by atoms with E-state index in [1.54, 1.807) is 67.0 Å². The Bertz CT molecular complexity index is 2960. The molecule has 4 heterocycles. The quantitative estimate of drug-likeness (QED) is 0.0601. The maximum absolute atomic E-state index is 13.6. The van der Waals surface area contributed by atoms with Crippen molar-refractivity contribution >= 4 is 52.1 Å². The average Bonchev–Trinajstić information content (AvgIpc) is 3.59. The molecule has 3 N–H and O–H groups in total. The number of hydrogen-bond donors (Lipinski definition) is 2. The fraction of sp³-hybridized carbons (Fsp3) is 0.260. The molecule has 350 valence electrons. The van der Waals surface area contributed by atoms with Gasteiger partial charge in [0.25, 0.3) is 11.8 Å². The predicted molar refractivity (Wildman–Crippen MR) is 248 cm³/mol. The van der Waals surface area contributed by atoms with Crippen LogP contribution in [0.2, 0.25) is 5.02 Å². The Labute approximate surface area is 394 Å². The third-order valence-electron chi connectivity index (χ3n) is 11.0. The van der Waals surface area contributed by atoms with E-state index in [1.165, 1.54) is 12.1 Å². The number of nitrogens with one attached hydrogen (secondary N) is 1. The summed E-state index contributed by atoms with van der Waals surface area (Å²) < 4.78 is 40.6. The molecule has 2 aliphatic heterocycles. The van der Waals surface area contributed by atoms with Gasteiger partial charge in [0.05, 0.1) is 67.8 Å². The Balaban J connectivity index is 0.771. The minimum Gasteiger partial charge on any atom is -0.493 e. The van der Waals surface area contributed by atoms with E-state index in [0.29, 0.717) is 70.6 Å². The Morgan fingerprint density at radius 1 is 0.735 bits per heavy atom. The minimum absolute atomic E-state index is 0.0298. The van der Waals surface area contributed by atoms with Gasteiger partial charge in [-0.3, -0.25) is 44.0 Å². The van der Waals surface area contributed by atoms with E-state index in [2.05, 4.69) is 10.3 Å². The van der Waals surface area contributed by atoms with Crippen molar-refractivity contribution in [2.24, 2.45) is 5.73 Å². The molecule has 68 heavy (non-hydrogen) atoms. The molecule has 0 radical (unpaired) electrons. The molecule has 1 saturated heterocycles. The number of nitrogens with zero attached hydrogens (tertiary/aromatic N) is 2. The van der Waals surface area contributed by atoms with E-state index in [4.69, 9.17) is 50.2 Å². The molecule has 17 nitrogen and oxygen atoms in total. The molecule has 0 spiro atoms. The Hall–Kier alpha value is -7.44. The molecule has 5 amide bonds. The number of carbonyl (C=O) groups excluding carboxylic acids is 5. The van der Waals surface area contributed by atoms with Crippen molar-refractivity contribution in [3.63, 3.8) is 0 Å². The van der Waals surface area contributed by atoms with Gasteiger partial charge in [0.2, 0.25) is 17.7 Å². The molecular weight excluding hydrogens is 900 g/mol. The number of piperidine rings is 1. The lowest BCUT2D eigenvalue weighted by Gasteiger charge is -2.27. The van der Waals surface area contributed by atoms with Crippen LogP contribution in [0.3, 0.4) is 0 Å². The summed E-state index contributed by atoms with van der Waals surface area (Å²) in [5.41, 5.74) is 9.46. The molecule has 2 aliphatic rings. The molecule has 0 saturated carbocycles. The summed E-state index contributed by atoms with van der Waals surface area (Å²) >= 11 is 6.69. The summed E-state index contributed by atoms with van der Waals surface area (Å²) in [6.45, 7) is 4.16. The van der Waals surface area contributed by atoms with Crippen molar-refractivity contribution in [2.45, 2.75) is 25.8 Å². The molecule has 1 fully saturated rings. The van der Waals surface area contributed by atoms with Gasteiger partial charge in [-0.05, 0) is 96.8 Å². The summed E-state index contributed by atoms with van der Waals surface area (Å²) in [7, 11) is 0. The second kappa shape index (κ2) is 21.5. The first-order valence-electron chi connectivity index (χ1n) is 21.7. The monoisotopic (exact) mass is 944 g/mol. The number of fused-ring (bicyclic) bond motifs is 2. The van der Waals surface area contributed by atoms with E-state index < -0.39 is 35.6 Å². The average molecular weight is 945 g/mol. The Morgan fingerprint density at radius 2 is 1.44 bits per heavy atom. The van der Waals surface area contributed by atoms with E-state index >= 15 is 0 Å². The zero-order chi connectivity index (χ0) is 47.7. The number of ether oxygens (including phenoxy) is 6. The van der Waals surface area contributed by atoms with Gasteiger partial charge < -0.3 is 38.6 Å². The fourth-order valence-corrected chi connectivity index (χ4v) is 8.08. The van der Waals surface area contributed by atoms with Crippen LogP contribution in [0.5, 0.6) is 17.2 Å². The summed E-state index contributed by atoms with van der Waals surface area (Å²) in [6.07, 6.45) is 3.40. The highest BCUT2D eigenvalue weighted by Crippen LogP contribution is 2.39. The van der Waals surface area contributed by atoms with Crippen LogP contribution < -0.4 is 30.7 Å². The third-order valence-corrected chi connectivity index (χ3v) is 11.3. The predicted octanol–water partition coefficient (Wildman–Crippen LogP) is 6.25. The van der Waals surface area contributed by atoms with Crippen molar-refractivity contribution < 1.29 is 56.8 Å². The highest BCUT2D eigenvalue weighted by Gasteiger charge is 2.46. The number of imide groups is 2. The maximum Gasteiger partial charge on any atom is 0.266 e. The van der Waals surface area contributed by atoms with Crippen molar-refractivity contribution in [2.75, 3.05) is 59.5 Å². The molecule has 0 bridgehead atoms. The van der Waals surface area contributed by atoms with E-state index in [9.17, 15) is 28.8 Å². The largest absolute Gasteiger partial charge is 0.493 e. The molecule has 0 aliphatic carbocycles. The van der Waals surface area contributed by atoms with E-state index in [1.807, 2.05) is 25.1 Å². The van der Waals surface area contributed by atoms with Crippen molar-refractivity contribution in [3.05, 3.63) is 129 Å². The highest BCUT2D eigenvalue weighted by atomic mass is 35.5. The summed E-state index contributed by atoms with van der Waals surface area (Å²) in [5.74, 6) is -1.60. The topological polar surface area (TPSA) is 225 Å². The van der Waals surface area contributed by atoms with Gasteiger partial charge >= 0.3 is 0 Å². The number of benzene rings is 4. The number of hydrogen-bond acceptors (Lipinski definition) is 14. The van der Waals surface area contributed by atoms with Crippen LogP contribution in [0.25, 0.3) is 44.5 Å². The van der Waals surface area contributed by atoms with Gasteiger partial charge in [0.1, 0.15) is 47.8 Å². The second-order valence-corrected chi connectivity index (χ2v) is 15.9. The smallest absolute Gasteiger partial charge is 0.266 e. The SMILES string of the molecule is CCOc1cc2oc(-c3ccc(OCCOCCOCCOCCOc4cccc5c4C(=O)N(C4CCC(=O)NC4=O)C5=O)cc3Cl)cc(=O)c2cc1-c1cc(C(N)=O)cc(-c2ccncc2)c1. The van der Waals surface area contributed by atoms with Crippen molar-refractivity contribution in [1.82, 2.24) is 15.2 Å². The first kappa shape index (κ1) is 47.1. The van der Waals surface area contributed by atoms with Gasteiger partial charge in [0.15, 0.2) is 5.43 Å². The molecule has 6 aromatic rings. The number of pyridine rings is 1. The molecule has 1 unspecified atom stereocenters. The standard InChI is InChI=1S/C50H45ClN4O13/c1-2-65-42-28-44-37(26-36(42)31-22-30(23-32(24-31)47(52)58)29-10-12-53-13-11-29)40(56)27-43(68-44)34-7-6-33(25-38(34)51)66-20-18-63-16-14-62-15-17-64-19-21-67-41-5-3-4-35-46(41)50(61)55(49(35)60)39-8-9-45(57)54-48(39)59/h3-7,10-13,22-28,39H,2,8-9,14-21H2,1H3,(H2,52,58)(H,54,57,59). The first-order chi connectivity index (χ1) is 33.0. The minimum atomic E-state index is -1.07. The van der Waals surface area contributed by atoms with Crippen LogP contribution in [0.1, 0.15) is 50.8 Å². The zero-order valence-electron chi connectivity index (χ0n) is 36.8. The number of amides is 5. The maximum atomic E-state index is 13.6. The van der Waals surface area contributed by atoms with Crippen LogP contribution in [-0.2, 0) is 23.8 Å². The highest BCUT2D eigenvalue weighted by molar-refractivity contribution is 6.33. The van der Waals surface area contributed by atoms with Gasteiger partial charge in [-0.2, -0.15) is 0 Å². The molecular formula is C50H45ClN4O13. The van der Waals surface area contributed by atoms with Crippen molar-refractivity contribution in [1.29, 1.82) is 0 Å². The van der Waals surface area contributed by atoms with Gasteiger partial charge in [0, 0.05) is 47.6 Å². The first-order valence-corrected chi connectivity index (χ1v) is 22.1. The lowest BCUT2D eigenvalue weighted by Crippen LogP contribution is -2.54. The molecule has 4 aromatic carbocycles. The lowest BCUT2D eigenvalue weighted by atomic mass is 9.95. The van der Waals surface area contributed by atoms with Crippen LogP contribution in [-0.4, -0.2) is 105 Å². The Kier molecular flexibility index (Phi) is 14.9. The number of carbonyl (C=O) groups is 5. The number of primary amides is 1. The van der Waals surface area contributed by atoms with Crippen LogP contribution >= 0.6 is 11.6 Å². The number of halogens is 1. The molecule has 2 aromatic heterocycles. The third kappa shape index (κ3) is 10.6. The van der Waals surface area contributed by atoms with Gasteiger partial charge in [-0.25, -0.2) is 0 Å². The van der Waals surface area contributed by atoms with E-state index in [0.717, 1.165) is 16.0 Å². The van der Waals surface area contributed by atoms with E-state index in [-0.39, 0.29) is 79.5 Å². The second-order valence-electron chi connectivity index (χ2n) is 15.5. The lowest BCUT2D eigenvalue weighted by molar-refractivity contribution is -0.136. The Morgan fingerprint density at radius 3 is 2.13 bits per heavy atom. The van der Waals surface area contributed by atoms with Gasteiger partial charge in [-0.1, -0.05) is 17.7 Å². The molecule has 18 heteroatoms. The summed E-state index contributed by atoms with van der Waals surface area (Å²) in [6, 6.07) is 22.3. The van der Waals surface area contributed by atoms with Crippen molar-refractivity contribution in [3.8, 4) is 50.8 Å². The van der Waals surface area contributed by atoms with Gasteiger partial charge in [-0.15, -0.1) is 0 Å². The van der Waals surface area contributed by atoms with Crippen LogP contribution in [0.15, 0.2) is 107 Å². The van der Waals surface area contributed by atoms with Crippen LogP contribution in [0.4, 0.5) is 0 Å². The fourth-order valence-electron chi connectivity index (χ4n) is 7.81. The molecule has 1 atom stereocenters. The normalized spacial score (nSPS) is 14.6. The summed E-state index contributed by atoms with van der Waals surface area (Å²) in [4.78, 5) is 81.1. The van der Waals surface area contributed by atoms with Crippen LogP contribution in [0, 0.1) is 0 Å². The summed E-state index contributed by atoms with van der Waals surface area (Å²) in [5, 5.41) is 2.78. The molecule has 8 rings (SSSR count). The number of nitrogens with two attached hydrogens (primary N) is 1. The zero-order valence-corrected chi connectivity index (χ0v) is 37.5. The number of rotatable bonds is 21. The number of aromatic nitrogens is 1.